The van der Waals surface area contributed by atoms with Crippen LogP contribution in [0, 0.1) is 5.82 Å². The molecule has 0 aliphatic carbocycles. The normalized spacial score (nSPS) is 16.1. The van der Waals surface area contributed by atoms with Gasteiger partial charge in [-0.1, -0.05) is 30.3 Å². The van der Waals surface area contributed by atoms with Gasteiger partial charge in [0.1, 0.15) is 5.82 Å². The Kier molecular flexibility index (Phi) is 7.19. The van der Waals surface area contributed by atoms with Crippen LogP contribution in [0.3, 0.4) is 0 Å². The lowest BCUT2D eigenvalue weighted by Crippen LogP contribution is -2.52. The van der Waals surface area contributed by atoms with Gasteiger partial charge in [0.15, 0.2) is 0 Å². The number of hydrogen-bond donors (Lipinski definition) is 3. The summed E-state index contributed by atoms with van der Waals surface area (Å²) in [7, 11) is 0. The summed E-state index contributed by atoms with van der Waals surface area (Å²) < 4.78 is 13.0. The van der Waals surface area contributed by atoms with Gasteiger partial charge in [0.05, 0.1) is 6.04 Å². The number of benzene rings is 2. The minimum absolute atomic E-state index is 0.0532. The molecular weight excluding hydrogens is 371 g/mol. The number of amides is 3. The van der Waals surface area contributed by atoms with Gasteiger partial charge in [-0.2, -0.15) is 0 Å². The zero-order chi connectivity index (χ0) is 20.6. The predicted octanol–water partition coefficient (Wildman–Crippen LogP) is 3.12. The van der Waals surface area contributed by atoms with E-state index >= 15 is 0 Å². The fraction of sp³-hybridized carbons (Fsp3) is 0.364. The van der Waals surface area contributed by atoms with Crippen molar-refractivity contribution in [2.75, 3.05) is 18.4 Å². The topological polar surface area (TPSA) is 73.5 Å². The summed E-state index contributed by atoms with van der Waals surface area (Å²) in [5.41, 5.74) is 1.62. The third kappa shape index (κ3) is 6.29. The second-order valence-corrected chi connectivity index (χ2v) is 7.29. The van der Waals surface area contributed by atoms with Crippen LogP contribution in [-0.2, 0) is 11.3 Å². The molecule has 1 unspecified atom stereocenters. The number of halogens is 1. The van der Waals surface area contributed by atoms with Gasteiger partial charge in [0, 0.05) is 31.4 Å². The van der Waals surface area contributed by atoms with Crippen LogP contribution < -0.4 is 16.0 Å². The van der Waals surface area contributed by atoms with Crippen molar-refractivity contribution >= 4 is 17.6 Å². The van der Waals surface area contributed by atoms with E-state index in [1.165, 1.54) is 12.1 Å². The first-order chi connectivity index (χ1) is 14.0. The Labute approximate surface area is 170 Å². The first-order valence-electron chi connectivity index (χ1n) is 9.90. The standard InChI is InChI=1S/C22H27FN4O2/c1-16(21(28)24-15-17-7-9-18(23)10-8-17)27-13-11-20(12-14-27)26-22(29)25-19-5-3-2-4-6-19/h2-10,16,20H,11-15H2,1H3,(H,24,28)(H2,25,26,29). The van der Waals surface area contributed by atoms with Gasteiger partial charge in [-0.25, -0.2) is 9.18 Å². The third-order valence-corrected chi connectivity index (χ3v) is 5.20. The number of rotatable bonds is 6. The van der Waals surface area contributed by atoms with E-state index in [-0.39, 0.29) is 29.8 Å². The molecule has 0 aromatic heterocycles. The molecule has 0 radical (unpaired) electrons. The number of hydrogen-bond acceptors (Lipinski definition) is 3. The largest absolute Gasteiger partial charge is 0.351 e. The van der Waals surface area contributed by atoms with Crippen molar-refractivity contribution < 1.29 is 14.0 Å². The second-order valence-electron chi connectivity index (χ2n) is 7.29. The molecule has 1 aliphatic rings. The van der Waals surface area contributed by atoms with Crippen molar-refractivity contribution in [3.63, 3.8) is 0 Å². The Morgan fingerprint density at radius 1 is 1.07 bits per heavy atom. The van der Waals surface area contributed by atoms with E-state index in [9.17, 15) is 14.0 Å². The maximum Gasteiger partial charge on any atom is 0.319 e. The summed E-state index contributed by atoms with van der Waals surface area (Å²) in [4.78, 5) is 26.7. The summed E-state index contributed by atoms with van der Waals surface area (Å²) >= 11 is 0. The van der Waals surface area contributed by atoms with Crippen molar-refractivity contribution in [3.8, 4) is 0 Å². The highest BCUT2D eigenvalue weighted by Crippen LogP contribution is 2.14. The van der Waals surface area contributed by atoms with Crippen molar-refractivity contribution in [3.05, 3.63) is 66.0 Å². The number of likely N-dealkylation sites (tertiary alicyclic amines) is 1. The van der Waals surface area contributed by atoms with Gasteiger partial charge >= 0.3 is 6.03 Å². The molecule has 154 valence electrons. The fourth-order valence-electron chi connectivity index (χ4n) is 3.41. The number of para-hydroxylation sites is 1. The Balaban J connectivity index is 1.39. The summed E-state index contributed by atoms with van der Waals surface area (Å²) in [5.74, 6) is -0.343. The van der Waals surface area contributed by atoms with Gasteiger partial charge in [0.25, 0.3) is 0 Å². The van der Waals surface area contributed by atoms with Gasteiger partial charge in [-0.3, -0.25) is 9.69 Å². The molecule has 0 spiro atoms. The molecule has 6 nitrogen and oxygen atoms in total. The quantitative estimate of drug-likeness (QED) is 0.700. The van der Waals surface area contributed by atoms with E-state index in [0.29, 0.717) is 6.54 Å². The summed E-state index contributed by atoms with van der Waals surface area (Å²) in [6.07, 6.45) is 1.58. The average molecular weight is 398 g/mol. The number of anilines is 1. The van der Waals surface area contributed by atoms with Gasteiger partial charge in [-0.05, 0) is 49.6 Å². The lowest BCUT2D eigenvalue weighted by atomic mass is 10.0. The maximum atomic E-state index is 13.0. The Hall–Kier alpha value is -2.93. The zero-order valence-electron chi connectivity index (χ0n) is 16.5. The van der Waals surface area contributed by atoms with Gasteiger partial charge in [-0.15, -0.1) is 0 Å². The number of carbonyl (C=O) groups is 2. The van der Waals surface area contributed by atoms with Crippen LogP contribution in [0.25, 0.3) is 0 Å². The van der Waals surface area contributed by atoms with Crippen molar-refractivity contribution in [1.82, 2.24) is 15.5 Å². The lowest BCUT2D eigenvalue weighted by molar-refractivity contribution is -0.126. The Bertz CT molecular complexity index is 805. The monoisotopic (exact) mass is 398 g/mol. The van der Waals surface area contributed by atoms with E-state index in [4.69, 9.17) is 0 Å². The average Bonchev–Trinajstić information content (AvgIpc) is 2.74. The lowest BCUT2D eigenvalue weighted by Gasteiger charge is -2.35. The molecule has 1 heterocycles. The summed E-state index contributed by atoms with van der Waals surface area (Å²) in [6, 6.07) is 15.0. The maximum absolute atomic E-state index is 13.0. The third-order valence-electron chi connectivity index (χ3n) is 5.20. The van der Waals surface area contributed by atoms with Crippen LogP contribution in [0.1, 0.15) is 25.3 Å². The van der Waals surface area contributed by atoms with E-state index in [2.05, 4.69) is 20.9 Å². The number of nitrogens with zero attached hydrogens (tertiary/aromatic N) is 1. The molecule has 2 aromatic rings. The van der Waals surface area contributed by atoms with Crippen LogP contribution in [0.2, 0.25) is 0 Å². The molecule has 1 atom stereocenters. The molecule has 1 saturated heterocycles. The van der Waals surface area contributed by atoms with E-state index in [0.717, 1.165) is 37.2 Å². The smallest absolute Gasteiger partial charge is 0.319 e. The first-order valence-corrected chi connectivity index (χ1v) is 9.90. The minimum atomic E-state index is -0.289. The molecule has 3 rings (SSSR count). The SMILES string of the molecule is CC(C(=O)NCc1ccc(F)cc1)N1CCC(NC(=O)Nc2ccccc2)CC1. The molecule has 2 aromatic carbocycles. The molecule has 7 heteroatoms. The highest BCUT2D eigenvalue weighted by molar-refractivity contribution is 5.89. The van der Waals surface area contributed by atoms with E-state index in [1.807, 2.05) is 37.3 Å². The van der Waals surface area contributed by atoms with Gasteiger partial charge < -0.3 is 16.0 Å². The van der Waals surface area contributed by atoms with Crippen LogP contribution in [0.15, 0.2) is 54.6 Å². The molecule has 0 bridgehead atoms. The molecule has 29 heavy (non-hydrogen) atoms. The minimum Gasteiger partial charge on any atom is -0.351 e. The summed E-state index contributed by atoms with van der Waals surface area (Å²) in [6.45, 7) is 3.74. The number of nitrogens with one attached hydrogen (secondary N) is 3. The van der Waals surface area contributed by atoms with Crippen LogP contribution in [0.5, 0.6) is 0 Å². The first kappa shape index (κ1) is 20.8. The molecule has 3 N–H and O–H groups in total. The fourth-order valence-corrected chi connectivity index (χ4v) is 3.41. The molecular formula is C22H27FN4O2. The van der Waals surface area contributed by atoms with Crippen LogP contribution >= 0.6 is 0 Å². The van der Waals surface area contributed by atoms with Crippen LogP contribution in [-0.4, -0.2) is 42.0 Å². The Morgan fingerprint density at radius 2 is 1.72 bits per heavy atom. The van der Waals surface area contributed by atoms with Crippen molar-refractivity contribution in [1.29, 1.82) is 0 Å². The van der Waals surface area contributed by atoms with E-state index < -0.39 is 0 Å². The molecule has 1 aliphatic heterocycles. The molecule has 3 amide bonds. The number of piperidine rings is 1. The van der Waals surface area contributed by atoms with Gasteiger partial charge in [0.2, 0.25) is 5.91 Å². The van der Waals surface area contributed by atoms with E-state index in [1.54, 1.807) is 12.1 Å². The second kappa shape index (κ2) is 10.0. The van der Waals surface area contributed by atoms with Crippen molar-refractivity contribution in [2.45, 2.75) is 38.4 Å². The Morgan fingerprint density at radius 3 is 2.38 bits per heavy atom. The van der Waals surface area contributed by atoms with Crippen molar-refractivity contribution in [2.24, 2.45) is 0 Å². The summed E-state index contributed by atoms with van der Waals surface area (Å²) in [5, 5.41) is 8.73. The zero-order valence-corrected chi connectivity index (χ0v) is 16.5. The highest BCUT2D eigenvalue weighted by atomic mass is 19.1. The molecule has 1 fully saturated rings. The number of carbonyl (C=O) groups excluding carboxylic acids is 2. The number of urea groups is 1. The molecule has 0 saturated carbocycles. The highest BCUT2D eigenvalue weighted by Gasteiger charge is 2.27. The predicted molar refractivity (Wildman–Crippen MR) is 111 cm³/mol. The van der Waals surface area contributed by atoms with Crippen LogP contribution in [0.4, 0.5) is 14.9 Å².